The Balaban J connectivity index is 0.000000282. The number of rotatable bonds is 2. The van der Waals surface area contributed by atoms with Gasteiger partial charge >= 0.3 is 6.01 Å². The first-order valence-electron chi connectivity index (χ1n) is 15.1. The Morgan fingerprint density at radius 3 is 2.59 bits per heavy atom. The number of aromatic nitrogens is 2. The van der Waals surface area contributed by atoms with E-state index < -0.39 is 11.8 Å². The van der Waals surface area contributed by atoms with Crippen molar-refractivity contribution in [1.29, 1.82) is 5.26 Å². The standard InChI is InChI=1S/C24H30FN5O.C8H14FN/c1-15-7-5-4-6-8-17-21(11-18-16(15)9-10-20(27)19(18)12-26)28-23(31-3)29-22(17)30-13-24(2,25)14-30;1-8-3-2-4-10(8)6-7(9)5-8/h9-10,15H,4-8,11,13-14,27H2,1-3H3;7H,2-6H2,1H3. The minimum atomic E-state index is -1.21. The van der Waals surface area contributed by atoms with Crippen molar-refractivity contribution in [2.45, 2.75) is 102 Å². The predicted octanol–water partition coefficient (Wildman–Crippen LogP) is 5.88. The van der Waals surface area contributed by atoms with Crippen LogP contribution in [0.15, 0.2) is 12.1 Å². The number of anilines is 2. The van der Waals surface area contributed by atoms with Crippen molar-refractivity contribution in [2.24, 2.45) is 0 Å². The smallest absolute Gasteiger partial charge is 0.318 e. The fourth-order valence-corrected chi connectivity index (χ4v) is 7.27. The number of hydrogen-bond acceptors (Lipinski definition) is 7. The van der Waals surface area contributed by atoms with E-state index >= 15 is 0 Å². The molecule has 222 valence electrons. The number of hydrogen-bond donors (Lipinski definition) is 1. The van der Waals surface area contributed by atoms with E-state index in [1.807, 2.05) is 11.0 Å². The maximum absolute atomic E-state index is 14.3. The largest absolute Gasteiger partial charge is 0.467 e. The summed E-state index contributed by atoms with van der Waals surface area (Å²) in [6, 6.07) is 6.47. The highest BCUT2D eigenvalue weighted by atomic mass is 19.1. The molecule has 2 N–H and O–H groups in total. The van der Waals surface area contributed by atoms with Gasteiger partial charge in [-0.3, -0.25) is 4.90 Å². The number of alkyl halides is 2. The van der Waals surface area contributed by atoms with Crippen LogP contribution in [0.2, 0.25) is 0 Å². The summed E-state index contributed by atoms with van der Waals surface area (Å²) in [7, 11) is 1.54. The highest BCUT2D eigenvalue weighted by molar-refractivity contribution is 5.63. The molecule has 9 heteroatoms. The monoisotopic (exact) mass is 566 g/mol. The van der Waals surface area contributed by atoms with Gasteiger partial charge in [-0.15, -0.1) is 0 Å². The summed E-state index contributed by atoms with van der Waals surface area (Å²) >= 11 is 0. The normalized spacial score (nSPS) is 27.2. The second-order valence-corrected chi connectivity index (χ2v) is 13.0. The molecule has 0 spiro atoms. The van der Waals surface area contributed by atoms with Gasteiger partial charge in [0.15, 0.2) is 0 Å². The van der Waals surface area contributed by atoms with Crippen molar-refractivity contribution in [1.82, 2.24) is 14.9 Å². The number of nitrogens with two attached hydrogens (primary N) is 1. The zero-order valence-electron chi connectivity index (χ0n) is 25.0. The van der Waals surface area contributed by atoms with Gasteiger partial charge in [-0.05, 0) is 82.0 Å². The lowest BCUT2D eigenvalue weighted by Crippen LogP contribution is -2.58. The second-order valence-electron chi connectivity index (χ2n) is 13.0. The van der Waals surface area contributed by atoms with Crippen molar-refractivity contribution >= 4 is 11.5 Å². The van der Waals surface area contributed by atoms with Crippen molar-refractivity contribution < 1.29 is 13.5 Å². The quantitative estimate of drug-likeness (QED) is 0.454. The molecule has 2 aromatic rings. The van der Waals surface area contributed by atoms with E-state index in [2.05, 4.69) is 35.9 Å². The molecular formula is C32H44F2N6O. The van der Waals surface area contributed by atoms with E-state index in [0.29, 0.717) is 43.2 Å². The number of nitrogens with zero attached hydrogens (tertiary/aromatic N) is 5. The van der Waals surface area contributed by atoms with E-state index in [1.165, 1.54) is 12.8 Å². The van der Waals surface area contributed by atoms with Crippen molar-refractivity contribution in [3.63, 3.8) is 0 Å². The van der Waals surface area contributed by atoms with E-state index in [1.54, 1.807) is 14.0 Å². The van der Waals surface area contributed by atoms with Crippen LogP contribution in [0, 0.1) is 11.3 Å². The lowest BCUT2D eigenvalue weighted by Gasteiger charge is -2.44. The molecule has 6 rings (SSSR count). The van der Waals surface area contributed by atoms with Crippen molar-refractivity contribution in [3.05, 3.63) is 40.1 Å². The van der Waals surface area contributed by atoms with Gasteiger partial charge in [0.2, 0.25) is 0 Å². The molecule has 3 saturated heterocycles. The molecular weight excluding hydrogens is 522 g/mol. The third kappa shape index (κ3) is 6.13. The number of ether oxygens (including phenoxy) is 1. The lowest BCUT2D eigenvalue weighted by atomic mass is 9.86. The van der Waals surface area contributed by atoms with Gasteiger partial charge in [-0.2, -0.15) is 15.2 Å². The highest BCUT2D eigenvalue weighted by Crippen LogP contribution is 2.40. The number of nitriles is 1. The summed E-state index contributed by atoms with van der Waals surface area (Å²) in [5.41, 5.74) is 10.2. The minimum absolute atomic E-state index is 0.236. The zero-order chi connectivity index (χ0) is 29.4. The Morgan fingerprint density at radius 2 is 1.90 bits per heavy atom. The van der Waals surface area contributed by atoms with Crippen LogP contribution in [-0.2, 0) is 12.8 Å². The molecule has 1 aromatic heterocycles. The predicted molar refractivity (Wildman–Crippen MR) is 158 cm³/mol. The summed E-state index contributed by atoms with van der Waals surface area (Å²) in [6.07, 6.45) is 8.29. The fourth-order valence-electron chi connectivity index (χ4n) is 7.27. The van der Waals surface area contributed by atoms with Gasteiger partial charge in [0, 0.05) is 29.8 Å². The third-order valence-corrected chi connectivity index (χ3v) is 9.49. The lowest BCUT2D eigenvalue weighted by molar-refractivity contribution is 0.143. The third-order valence-electron chi connectivity index (χ3n) is 9.49. The number of nitrogen functional groups attached to an aromatic ring is 1. The van der Waals surface area contributed by atoms with Crippen molar-refractivity contribution in [2.75, 3.05) is 43.9 Å². The molecule has 0 radical (unpaired) electrons. The molecule has 3 aliphatic heterocycles. The molecule has 1 aromatic carbocycles. The Hall–Kier alpha value is -2.99. The van der Waals surface area contributed by atoms with E-state index in [9.17, 15) is 14.0 Å². The number of benzene rings is 1. The fraction of sp³-hybridized carbons (Fsp3) is 0.656. The molecule has 41 heavy (non-hydrogen) atoms. The Morgan fingerprint density at radius 1 is 1.12 bits per heavy atom. The molecule has 4 aliphatic rings. The molecule has 0 amide bonds. The average molecular weight is 567 g/mol. The van der Waals surface area contributed by atoms with Crippen molar-refractivity contribution in [3.8, 4) is 12.1 Å². The number of methoxy groups -OCH3 is 1. The molecule has 3 fully saturated rings. The SMILES string of the molecule is CC12CCCN1CC(F)C2.COc1nc2c(c(N3CC(C)(F)C3)n1)CCCCCC(C)c1ccc(N)c(C#N)c1C2. The molecule has 0 saturated carbocycles. The van der Waals surface area contributed by atoms with E-state index in [4.69, 9.17) is 15.5 Å². The first-order chi connectivity index (χ1) is 19.5. The first kappa shape index (κ1) is 29.5. The van der Waals surface area contributed by atoms with E-state index in [-0.39, 0.29) is 11.5 Å². The minimum Gasteiger partial charge on any atom is -0.467 e. The molecule has 3 unspecified atom stereocenters. The van der Waals surface area contributed by atoms with E-state index in [0.717, 1.165) is 73.3 Å². The zero-order valence-corrected chi connectivity index (χ0v) is 25.0. The number of halogens is 2. The second kappa shape index (κ2) is 11.7. The summed E-state index contributed by atoms with van der Waals surface area (Å²) in [6.45, 7) is 8.45. The summed E-state index contributed by atoms with van der Waals surface area (Å²) in [5, 5.41) is 9.86. The van der Waals surface area contributed by atoms with Crippen LogP contribution in [0.4, 0.5) is 20.3 Å². The van der Waals surface area contributed by atoms with Crippen LogP contribution in [0.5, 0.6) is 6.01 Å². The van der Waals surface area contributed by atoms with Crippen LogP contribution in [-0.4, -0.2) is 65.5 Å². The summed E-state index contributed by atoms with van der Waals surface area (Å²) in [4.78, 5) is 13.6. The maximum atomic E-state index is 14.3. The first-order valence-corrected chi connectivity index (χ1v) is 15.1. The Bertz CT molecular complexity index is 1300. The van der Waals surface area contributed by atoms with Crippen LogP contribution >= 0.6 is 0 Å². The van der Waals surface area contributed by atoms with Gasteiger partial charge in [-0.25, -0.2) is 8.78 Å². The Labute approximate surface area is 243 Å². The molecule has 1 aliphatic carbocycles. The topological polar surface area (TPSA) is 91.3 Å². The van der Waals surface area contributed by atoms with Gasteiger partial charge in [0.1, 0.15) is 23.7 Å². The van der Waals surface area contributed by atoms with Crippen LogP contribution < -0.4 is 15.4 Å². The van der Waals surface area contributed by atoms with Gasteiger partial charge in [-0.1, -0.05) is 25.8 Å². The molecule has 3 atom stereocenters. The maximum Gasteiger partial charge on any atom is 0.318 e. The molecule has 7 nitrogen and oxygen atoms in total. The summed E-state index contributed by atoms with van der Waals surface area (Å²) < 4.78 is 32.5. The average Bonchev–Trinajstić information content (AvgIpc) is 3.39. The van der Waals surface area contributed by atoms with Crippen LogP contribution in [0.25, 0.3) is 0 Å². The van der Waals surface area contributed by atoms with Gasteiger partial charge in [0.05, 0.1) is 31.5 Å². The van der Waals surface area contributed by atoms with Crippen LogP contribution in [0.3, 0.4) is 0 Å². The highest BCUT2D eigenvalue weighted by Gasteiger charge is 2.45. The van der Waals surface area contributed by atoms with Crippen LogP contribution in [0.1, 0.15) is 99.6 Å². The molecule has 4 heterocycles. The number of fused-ring (bicyclic) bond motifs is 3. The molecule has 0 bridgehead atoms. The van der Waals surface area contributed by atoms with Gasteiger partial charge in [0.25, 0.3) is 0 Å². The Kier molecular flexibility index (Phi) is 8.43. The van der Waals surface area contributed by atoms with Gasteiger partial charge < -0.3 is 15.4 Å². The summed E-state index contributed by atoms with van der Waals surface area (Å²) in [5.74, 6) is 1.09.